The Kier molecular flexibility index (Phi) is 16.0. The second-order valence-electron chi connectivity index (χ2n) is 4.62. The molecular weight excluding hydrogens is 272 g/mol. The molecule has 6 heteroatoms. The summed E-state index contributed by atoms with van der Waals surface area (Å²) in [6.45, 7) is 13.5. The number of hydrogen-bond acceptors (Lipinski definition) is 6. The van der Waals surface area contributed by atoms with Crippen LogP contribution in [-0.2, 0) is 14.2 Å². The zero-order valence-corrected chi connectivity index (χ0v) is 14.1. The molecule has 0 unspecified atom stereocenters. The van der Waals surface area contributed by atoms with Crippen molar-refractivity contribution in [3.05, 3.63) is 0 Å². The molecule has 1 N–H and O–H groups in total. The molecule has 128 valence electrons. The highest BCUT2D eigenvalue weighted by Gasteiger charge is 2.15. The Labute approximate surface area is 130 Å². The van der Waals surface area contributed by atoms with Crippen molar-refractivity contribution in [1.82, 2.24) is 9.80 Å². The normalized spacial score (nSPS) is 16.6. The summed E-state index contributed by atoms with van der Waals surface area (Å²) in [4.78, 5) is 4.70. The summed E-state index contributed by atoms with van der Waals surface area (Å²) in [5, 5.41) is 8.87. The van der Waals surface area contributed by atoms with E-state index in [1.807, 2.05) is 13.8 Å². The van der Waals surface area contributed by atoms with E-state index in [0.29, 0.717) is 26.4 Å². The lowest BCUT2D eigenvalue weighted by Crippen LogP contribution is -2.47. The van der Waals surface area contributed by atoms with Gasteiger partial charge in [0.25, 0.3) is 0 Å². The molecule has 0 spiro atoms. The van der Waals surface area contributed by atoms with Crippen molar-refractivity contribution >= 4 is 0 Å². The molecule has 0 amide bonds. The predicted molar refractivity (Wildman–Crippen MR) is 84.8 cm³/mol. The highest BCUT2D eigenvalue weighted by Crippen LogP contribution is 2.00. The van der Waals surface area contributed by atoms with Crippen LogP contribution in [0.3, 0.4) is 0 Å². The number of aliphatic hydroxyl groups excluding tert-OH is 1. The molecule has 0 aliphatic carbocycles. The van der Waals surface area contributed by atoms with Crippen LogP contribution >= 0.6 is 0 Å². The zero-order valence-electron chi connectivity index (χ0n) is 14.1. The average Bonchev–Trinajstić information content (AvgIpc) is 2.54. The van der Waals surface area contributed by atoms with E-state index < -0.39 is 0 Å². The number of rotatable bonds is 11. The van der Waals surface area contributed by atoms with Crippen molar-refractivity contribution in [3.63, 3.8) is 0 Å². The highest BCUT2D eigenvalue weighted by molar-refractivity contribution is 4.71. The molecule has 0 atom stereocenters. The van der Waals surface area contributed by atoms with Crippen LogP contribution in [0.15, 0.2) is 0 Å². The van der Waals surface area contributed by atoms with Crippen molar-refractivity contribution in [2.45, 2.75) is 13.8 Å². The molecule has 1 heterocycles. The average molecular weight is 306 g/mol. The van der Waals surface area contributed by atoms with E-state index >= 15 is 0 Å². The maximum absolute atomic E-state index is 8.87. The van der Waals surface area contributed by atoms with Gasteiger partial charge < -0.3 is 19.3 Å². The molecule has 6 nitrogen and oxygen atoms in total. The third-order valence-electron chi connectivity index (χ3n) is 3.24. The number of aliphatic hydroxyl groups is 1. The van der Waals surface area contributed by atoms with Gasteiger partial charge in [-0.15, -0.1) is 0 Å². The van der Waals surface area contributed by atoms with Crippen LogP contribution in [0.1, 0.15) is 13.8 Å². The van der Waals surface area contributed by atoms with Crippen molar-refractivity contribution in [2.24, 2.45) is 0 Å². The van der Waals surface area contributed by atoms with Gasteiger partial charge in [0.05, 0.1) is 39.6 Å². The van der Waals surface area contributed by atoms with Gasteiger partial charge in [0.1, 0.15) is 0 Å². The number of ether oxygens (including phenoxy) is 3. The molecular formula is C15H34N2O4. The maximum atomic E-state index is 8.87. The first-order chi connectivity index (χ1) is 10.4. The Balaban J connectivity index is 0.00000191. The van der Waals surface area contributed by atoms with E-state index in [9.17, 15) is 0 Å². The topological polar surface area (TPSA) is 54.4 Å². The van der Waals surface area contributed by atoms with Crippen LogP contribution in [-0.4, -0.2) is 101 Å². The quantitative estimate of drug-likeness (QED) is 0.554. The Morgan fingerprint density at radius 3 is 1.76 bits per heavy atom. The predicted octanol–water partition coefficient (Wildman–Crippen LogP) is 0.302. The Morgan fingerprint density at radius 2 is 1.24 bits per heavy atom. The van der Waals surface area contributed by atoms with Gasteiger partial charge in [-0.2, -0.15) is 0 Å². The van der Waals surface area contributed by atoms with Gasteiger partial charge in [0.15, 0.2) is 0 Å². The lowest BCUT2D eigenvalue weighted by molar-refractivity contribution is 0.0153. The standard InChI is InChI=1S/C13H28N2O4.C2H6/c1-17-10-11-19-13-12-18-9-7-15-4-2-14(3-5-15)6-8-16;1-2/h16H,2-13H2,1H3;1-2H3. The van der Waals surface area contributed by atoms with E-state index in [-0.39, 0.29) is 6.61 Å². The van der Waals surface area contributed by atoms with Gasteiger partial charge in [0, 0.05) is 46.4 Å². The van der Waals surface area contributed by atoms with Crippen LogP contribution in [0.4, 0.5) is 0 Å². The minimum Gasteiger partial charge on any atom is -0.395 e. The minimum atomic E-state index is 0.256. The summed E-state index contributed by atoms with van der Waals surface area (Å²) < 4.78 is 15.7. The van der Waals surface area contributed by atoms with Gasteiger partial charge in [0.2, 0.25) is 0 Å². The van der Waals surface area contributed by atoms with Crippen molar-refractivity contribution in [3.8, 4) is 0 Å². The molecule has 0 aromatic carbocycles. The van der Waals surface area contributed by atoms with Gasteiger partial charge in [-0.3, -0.25) is 9.80 Å². The molecule has 1 fully saturated rings. The second-order valence-corrected chi connectivity index (χ2v) is 4.62. The summed E-state index contributed by atoms with van der Waals surface area (Å²) in [5.41, 5.74) is 0. The molecule has 1 rings (SSSR count). The summed E-state index contributed by atoms with van der Waals surface area (Å²) >= 11 is 0. The number of hydrogen-bond donors (Lipinski definition) is 1. The molecule has 0 bridgehead atoms. The van der Waals surface area contributed by atoms with Gasteiger partial charge in [-0.1, -0.05) is 13.8 Å². The fourth-order valence-electron chi connectivity index (χ4n) is 2.04. The number of nitrogens with zero attached hydrogens (tertiary/aromatic N) is 2. The van der Waals surface area contributed by atoms with E-state index in [4.69, 9.17) is 19.3 Å². The fraction of sp³-hybridized carbons (Fsp3) is 1.00. The van der Waals surface area contributed by atoms with Gasteiger partial charge >= 0.3 is 0 Å². The van der Waals surface area contributed by atoms with Gasteiger partial charge in [-0.25, -0.2) is 0 Å². The van der Waals surface area contributed by atoms with E-state index in [1.54, 1.807) is 7.11 Å². The van der Waals surface area contributed by atoms with E-state index in [2.05, 4.69) is 9.80 Å². The SMILES string of the molecule is CC.COCCOCCOCCN1CCN(CCO)CC1. The monoisotopic (exact) mass is 306 g/mol. The first kappa shape index (κ1) is 20.8. The lowest BCUT2D eigenvalue weighted by Gasteiger charge is -2.34. The number of piperazine rings is 1. The molecule has 0 aromatic heterocycles. The van der Waals surface area contributed by atoms with Crippen molar-refractivity contribution in [2.75, 3.05) is 86.0 Å². The summed E-state index contributed by atoms with van der Waals surface area (Å²) in [5.74, 6) is 0. The number of methoxy groups -OCH3 is 1. The Bertz CT molecular complexity index is 200. The molecule has 0 saturated carbocycles. The summed E-state index contributed by atoms with van der Waals surface area (Å²) in [6, 6.07) is 0. The molecule has 0 aromatic rings. The Morgan fingerprint density at radius 1 is 0.762 bits per heavy atom. The first-order valence-electron chi connectivity index (χ1n) is 8.07. The largest absolute Gasteiger partial charge is 0.395 e. The van der Waals surface area contributed by atoms with Crippen molar-refractivity contribution in [1.29, 1.82) is 0 Å². The second kappa shape index (κ2) is 16.1. The van der Waals surface area contributed by atoms with Crippen LogP contribution in [0.25, 0.3) is 0 Å². The highest BCUT2D eigenvalue weighted by atomic mass is 16.5. The van der Waals surface area contributed by atoms with Crippen molar-refractivity contribution < 1.29 is 19.3 Å². The van der Waals surface area contributed by atoms with Crippen LogP contribution in [0.2, 0.25) is 0 Å². The minimum absolute atomic E-state index is 0.256. The third kappa shape index (κ3) is 12.0. The molecule has 1 saturated heterocycles. The van der Waals surface area contributed by atoms with Crippen LogP contribution in [0.5, 0.6) is 0 Å². The third-order valence-corrected chi connectivity index (χ3v) is 3.24. The fourth-order valence-corrected chi connectivity index (χ4v) is 2.04. The lowest BCUT2D eigenvalue weighted by atomic mass is 10.3. The van der Waals surface area contributed by atoms with E-state index in [0.717, 1.165) is 45.9 Å². The molecule has 21 heavy (non-hydrogen) atoms. The van der Waals surface area contributed by atoms with Crippen LogP contribution < -0.4 is 0 Å². The number of β-amino-alcohol motifs (C(OH)–C–C–N with tert-alkyl or cyclic N) is 1. The van der Waals surface area contributed by atoms with E-state index in [1.165, 1.54) is 0 Å². The van der Waals surface area contributed by atoms with Crippen LogP contribution in [0, 0.1) is 0 Å². The molecule has 1 aliphatic heterocycles. The molecule has 1 aliphatic rings. The smallest absolute Gasteiger partial charge is 0.0701 e. The summed E-state index contributed by atoms with van der Waals surface area (Å²) in [6.07, 6.45) is 0. The first-order valence-corrected chi connectivity index (χ1v) is 8.07. The zero-order chi connectivity index (χ0) is 15.8. The van der Waals surface area contributed by atoms with Gasteiger partial charge in [-0.05, 0) is 0 Å². The molecule has 0 radical (unpaired) electrons. The Hall–Kier alpha value is -0.240. The maximum Gasteiger partial charge on any atom is 0.0701 e. The summed E-state index contributed by atoms with van der Waals surface area (Å²) in [7, 11) is 1.67.